The molecule has 0 saturated carbocycles. The number of nitrogens with one attached hydrogen (secondary N) is 1. The summed E-state index contributed by atoms with van der Waals surface area (Å²) in [6, 6.07) is 0. The Morgan fingerprint density at radius 2 is 1.46 bits per heavy atom. The summed E-state index contributed by atoms with van der Waals surface area (Å²) in [6.07, 6.45) is -5.99. The Balaban J connectivity index is 4.65. The third-order valence-corrected chi connectivity index (χ3v) is 0.931. The Labute approximate surface area is 68.9 Å². The summed E-state index contributed by atoms with van der Waals surface area (Å²) < 4.78 is 58.2. The van der Waals surface area contributed by atoms with E-state index >= 15 is 0 Å². The van der Waals surface area contributed by atoms with Crippen LogP contribution in [0.3, 0.4) is 0 Å². The molecule has 0 spiro atoms. The number of amides is 2. The van der Waals surface area contributed by atoms with Crippen LogP contribution < -0.4 is 5.32 Å². The van der Waals surface area contributed by atoms with E-state index in [9.17, 15) is 31.5 Å². The van der Waals surface area contributed by atoms with Crippen LogP contribution in [0.1, 0.15) is 6.92 Å². The van der Waals surface area contributed by atoms with E-state index in [-0.39, 0.29) is 0 Å². The molecule has 8 heteroatoms. The Hall–Kier alpha value is -1.21. The highest BCUT2D eigenvalue weighted by Gasteiger charge is 2.63. The average Bonchev–Trinajstić information content (AvgIpc) is 1.82. The van der Waals surface area contributed by atoms with Gasteiger partial charge in [0.15, 0.2) is 0 Å². The molecule has 0 radical (unpaired) electrons. The van der Waals surface area contributed by atoms with Crippen LogP contribution in [0.2, 0.25) is 0 Å². The maximum Gasteiger partial charge on any atom is 0.463 e. The van der Waals surface area contributed by atoms with Crippen molar-refractivity contribution in [2.75, 3.05) is 0 Å². The minimum atomic E-state index is -5.99. The average molecular weight is 205 g/mol. The van der Waals surface area contributed by atoms with Gasteiger partial charge in [-0.3, -0.25) is 14.9 Å². The topological polar surface area (TPSA) is 46.2 Å². The Bertz CT molecular complexity index is 234. The fraction of sp³-hybridized carbons (Fsp3) is 0.600. The van der Waals surface area contributed by atoms with Gasteiger partial charge in [0, 0.05) is 6.92 Å². The Morgan fingerprint density at radius 3 is 1.69 bits per heavy atom. The molecular weight excluding hydrogens is 201 g/mol. The number of alkyl halides is 5. The molecule has 76 valence electrons. The van der Waals surface area contributed by atoms with Crippen molar-refractivity contribution < 1.29 is 31.5 Å². The lowest BCUT2D eigenvalue weighted by Crippen LogP contribution is -2.51. The second-order valence-corrected chi connectivity index (χ2v) is 2.08. The van der Waals surface area contributed by atoms with Gasteiger partial charge < -0.3 is 0 Å². The highest BCUT2D eigenvalue weighted by atomic mass is 19.4. The molecule has 3 nitrogen and oxygen atoms in total. The van der Waals surface area contributed by atoms with Crippen LogP contribution >= 0.6 is 0 Å². The highest BCUT2D eigenvalue weighted by molar-refractivity contribution is 5.98. The summed E-state index contributed by atoms with van der Waals surface area (Å²) in [6.45, 7) is 0.643. The molecule has 0 saturated heterocycles. The smallest absolute Gasteiger partial charge is 0.291 e. The van der Waals surface area contributed by atoms with E-state index in [4.69, 9.17) is 0 Å². The monoisotopic (exact) mass is 205 g/mol. The van der Waals surface area contributed by atoms with Gasteiger partial charge in [0.05, 0.1) is 0 Å². The third kappa shape index (κ3) is 2.63. The van der Waals surface area contributed by atoms with Gasteiger partial charge >= 0.3 is 18.0 Å². The van der Waals surface area contributed by atoms with Crippen molar-refractivity contribution in [1.29, 1.82) is 0 Å². The van der Waals surface area contributed by atoms with Gasteiger partial charge in [-0.25, -0.2) is 0 Å². The van der Waals surface area contributed by atoms with Crippen LogP contribution in [0.5, 0.6) is 0 Å². The van der Waals surface area contributed by atoms with Crippen molar-refractivity contribution in [3.8, 4) is 0 Å². The van der Waals surface area contributed by atoms with E-state index in [2.05, 4.69) is 0 Å². The summed E-state index contributed by atoms with van der Waals surface area (Å²) in [5.74, 6) is -9.50. The predicted molar refractivity (Wildman–Crippen MR) is 29.8 cm³/mol. The minimum Gasteiger partial charge on any atom is -0.291 e. The maximum absolute atomic E-state index is 12.0. The van der Waals surface area contributed by atoms with Crippen LogP contribution in [0.15, 0.2) is 0 Å². The van der Waals surface area contributed by atoms with E-state index in [1.807, 2.05) is 0 Å². The van der Waals surface area contributed by atoms with Crippen molar-refractivity contribution in [2.24, 2.45) is 0 Å². The molecule has 0 unspecified atom stereocenters. The lowest BCUT2D eigenvalue weighted by Gasteiger charge is -2.17. The summed E-state index contributed by atoms with van der Waals surface area (Å²) >= 11 is 0. The van der Waals surface area contributed by atoms with Gasteiger partial charge in [-0.2, -0.15) is 22.0 Å². The lowest BCUT2D eigenvalue weighted by molar-refractivity contribution is -0.269. The van der Waals surface area contributed by atoms with Crippen molar-refractivity contribution >= 4 is 11.8 Å². The number of carbonyl (C=O) groups is 2. The van der Waals surface area contributed by atoms with Crippen LogP contribution in [0.25, 0.3) is 0 Å². The van der Waals surface area contributed by atoms with Crippen molar-refractivity contribution in [2.45, 2.75) is 19.0 Å². The molecule has 0 bridgehead atoms. The number of imide groups is 1. The van der Waals surface area contributed by atoms with Gasteiger partial charge in [0.1, 0.15) is 0 Å². The molecule has 0 aromatic carbocycles. The lowest BCUT2D eigenvalue weighted by atomic mass is 10.3. The van der Waals surface area contributed by atoms with Crippen molar-refractivity contribution in [1.82, 2.24) is 5.32 Å². The normalized spacial score (nSPS) is 12.5. The van der Waals surface area contributed by atoms with Gasteiger partial charge in [-0.05, 0) is 0 Å². The first-order valence-corrected chi connectivity index (χ1v) is 2.85. The highest BCUT2D eigenvalue weighted by Crippen LogP contribution is 2.35. The van der Waals surface area contributed by atoms with Gasteiger partial charge in [-0.15, -0.1) is 0 Å². The summed E-state index contributed by atoms with van der Waals surface area (Å²) in [5.41, 5.74) is 0. The summed E-state index contributed by atoms with van der Waals surface area (Å²) in [7, 11) is 0. The number of rotatable bonds is 1. The molecule has 0 heterocycles. The van der Waals surface area contributed by atoms with Gasteiger partial charge in [0.25, 0.3) is 0 Å². The van der Waals surface area contributed by atoms with E-state index in [0.717, 1.165) is 5.32 Å². The predicted octanol–water partition coefficient (Wildman–Crippen LogP) is 0.847. The zero-order valence-corrected chi connectivity index (χ0v) is 6.21. The third-order valence-electron chi connectivity index (χ3n) is 0.931. The zero-order valence-electron chi connectivity index (χ0n) is 6.21. The first kappa shape index (κ1) is 11.8. The second kappa shape index (κ2) is 3.27. The maximum atomic E-state index is 12.0. The largest absolute Gasteiger partial charge is 0.463 e. The number of carbonyl (C=O) groups excluding carboxylic acids is 2. The van der Waals surface area contributed by atoms with E-state index in [0.29, 0.717) is 6.92 Å². The Kier molecular flexibility index (Phi) is 2.96. The second-order valence-electron chi connectivity index (χ2n) is 2.08. The SMILES string of the molecule is CC(=O)NC(=O)C(F)(F)C(F)(F)F. The molecule has 0 aliphatic heterocycles. The van der Waals surface area contributed by atoms with Crippen LogP contribution in [-0.4, -0.2) is 23.9 Å². The van der Waals surface area contributed by atoms with Gasteiger partial charge in [-0.1, -0.05) is 0 Å². The molecule has 13 heavy (non-hydrogen) atoms. The molecule has 2 amide bonds. The van der Waals surface area contributed by atoms with Crippen molar-refractivity contribution in [3.63, 3.8) is 0 Å². The molecule has 0 aromatic rings. The molecule has 1 N–H and O–H groups in total. The molecular formula is C5H4F5NO2. The van der Waals surface area contributed by atoms with Crippen LogP contribution in [0.4, 0.5) is 22.0 Å². The number of hydrogen-bond donors (Lipinski definition) is 1. The molecule has 0 rings (SSSR count). The molecule has 0 fully saturated rings. The molecule has 0 atom stereocenters. The van der Waals surface area contributed by atoms with E-state index in [1.54, 1.807) is 0 Å². The minimum absolute atomic E-state index is 0.643. The molecule has 0 aromatic heterocycles. The van der Waals surface area contributed by atoms with Crippen LogP contribution in [0, 0.1) is 0 Å². The molecule has 0 aliphatic carbocycles. The fourth-order valence-electron chi connectivity index (χ4n) is 0.367. The number of hydrogen-bond acceptors (Lipinski definition) is 2. The number of halogens is 5. The van der Waals surface area contributed by atoms with E-state index in [1.165, 1.54) is 0 Å². The quantitative estimate of drug-likeness (QED) is 0.645. The van der Waals surface area contributed by atoms with E-state index < -0.39 is 23.9 Å². The van der Waals surface area contributed by atoms with Crippen LogP contribution in [-0.2, 0) is 9.59 Å². The van der Waals surface area contributed by atoms with Gasteiger partial charge in [0.2, 0.25) is 5.91 Å². The van der Waals surface area contributed by atoms with Crippen molar-refractivity contribution in [3.05, 3.63) is 0 Å². The fourth-order valence-corrected chi connectivity index (χ4v) is 0.367. The first-order chi connectivity index (χ1) is 5.59. The first-order valence-electron chi connectivity index (χ1n) is 2.85. The standard InChI is InChI=1S/C5H4F5NO2/c1-2(12)11-3(13)4(6,7)5(8,9)10/h1H3,(H,11,12,13). The summed E-state index contributed by atoms with van der Waals surface area (Å²) in [5, 5.41) is 0.842. The zero-order chi connectivity index (χ0) is 10.9. The Morgan fingerprint density at radius 1 is 1.08 bits per heavy atom. The molecule has 0 aliphatic rings. The summed E-state index contributed by atoms with van der Waals surface area (Å²) in [4.78, 5) is 20.1.